The molecule has 1 fully saturated rings. The van der Waals surface area contributed by atoms with Crippen molar-refractivity contribution in [3.05, 3.63) is 35.4 Å². The Morgan fingerprint density at radius 3 is 2.26 bits per heavy atom. The van der Waals surface area contributed by atoms with Crippen LogP contribution < -0.4 is 10.6 Å². The second kappa shape index (κ2) is 11.6. The molecular formula is C28H41N3O4. The van der Waals surface area contributed by atoms with Gasteiger partial charge in [-0.25, -0.2) is 4.79 Å². The van der Waals surface area contributed by atoms with Crippen molar-refractivity contribution in [1.29, 1.82) is 0 Å². The molecule has 2 N–H and O–H groups in total. The molecule has 0 radical (unpaired) electrons. The molecule has 0 saturated heterocycles. The van der Waals surface area contributed by atoms with Crippen molar-refractivity contribution < 1.29 is 19.1 Å². The molecule has 35 heavy (non-hydrogen) atoms. The van der Waals surface area contributed by atoms with Gasteiger partial charge in [-0.2, -0.15) is 0 Å². The normalized spacial score (nSPS) is 19.7. The molecule has 7 nitrogen and oxygen atoms in total. The molecule has 0 heterocycles. The van der Waals surface area contributed by atoms with Crippen LogP contribution in [0.25, 0.3) is 0 Å². The van der Waals surface area contributed by atoms with Crippen LogP contribution in [0.3, 0.4) is 0 Å². The number of ether oxygens (including phenoxy) is 1. The highest BCUT2D eigenvalue weighted by Gasteiger charge is 2.49. The number of hydrogen-bond acceptors (Lipinski definition) is 4. The van der Waals surface area contributed by atoms with Crippen molar-refractivity contribution in [2.24, 2.45) is 11.8 Å². The minimum Gasteiger partial charge on any atom is -0.444 e. The first kappa shape index (κ1) is 28.2. The fourth-order valence-electron chi connectivity index (χ4n) is 4.10. The van der Waals surface area contributed by atoms with Gasteiger partial charge in [-0.05, 0) is 64.5 Å². The lowest BCUT2D eigenvalue weighted by Crippen LogP contribution is -2.56. The summed E-state index contributed by atoms with van der Waals surface area (Å²) in [5.41, 5.74) is 0.451. The molecule has 1 aromatic carbocycles. The summed E-state index contributed by atoms with van der Waals surface area (Å²) >= 11 is 0. The van der Waals surface area contributed by atoms with Gasteiger partial charge in [0.05, 0.1) is 0 Å². The van der Waals surface area contributed by atoms with Crippen molar-refractivity contribution in [3.8, 4) is 12.3 Å². The molecule has 3 amide bonds. The summed E-state index contributed by atoms with van der Waals surface area (Å²) in [6.07, 6.45) is 6.55. The van der Waals surface area contributed by atoms with E-state index < -0.39 is 23.8 Å². The zero-order valence-corrected chi connectivity index (χ0v) is 22.3. The molecule has 5 unspecified atom stereocenters. The van der Waals surface area contributed by atoms with Crippen LogP contribution in [0.15, 0.2) is 24.3 Å². The Morgan fingerprint density at radius 2 is 1.77 bits per heavy atom. The molecule has 1 saturated carbocycles. The van der Waals surface area contributed by atoms with E-state index in [0.29, 0.717) is 17.5 Å². The van der Waals surface area contributed by atoms with E-state index in [2.05, 4.69) is 23.5 Å². The highest BCUT2D eigenvalue weighted by Crippen LogP contribution is 2.41. The molecule has 0 aliphatic heterocycles. The van der Waals surface area contributed by atoms with Gasteiger partial charge in [-0.3, -0.25) is 9.59 Å². The van der Waals surface area contributed by atoms with Gasteiger partial charge in [0.2, 0.25) is 11.8 Å². The number of benzene rings is 1. The van der Waals surface area contributed by atoms with E-state index in [1.54, 1.807) is 37.8 Å². The fourth-order valence-corrected chi connectivity index (χ4v) is 4.10. The first-order chi connectivity index (χ1) is 16.3. The summed E-state index contributed by atoms with van der Waals surface area (Å²) in [5.74, 6) is 2.11. The van der Waals surface area contributed by atoms with E-state index in [1.807, 2.05) is 39.8 Å². The minimum atomic E-state index is -0.918. The Labute approximate surface area is 210 Å². The minimum absolute atomic E-state index is 0.123. The molecule has 0 spiro atoms. The maximum absolute atomic E-state index is 14.2. The van der Waals surface area contributed by atoms with Crippen LogP contribution in [0, 0.1) is 24.2 Å². The molecule has 2 rings (SSSR count). The number of nitrogens with zero attached hydrogens (tertiary/aromatic N) is 1. The van der Waals surface area contributed by atoms with Crippen LogP contribution >= 0.6 is 0 Å². The lowest BCUT2D eigenvalue weighted by molar-refractivity contribution is -0.144. The highest BCUT2D eigenvalue weighted by atomic mass is 16.6. The van der Waals surface area contributed by atoms with E-state index in [1.165, 1.54) is 0 Å². The first-order valence-electron chi connectivity index (χ1n) is 12.5. The third kappa shape index (κ3) is 7.48. The molecule has 1 aliphatic rings. The summed E-state index contributed by atoms with van der Waals surface area (Å²) in [7, 11) is 0. The predicted molar refractivity (Wildman–Crippen MR) is 137 cm³/mol. The van der Waals surface area contributed by atoms with Gasteiger partial charge >= 0.3 is 6.09 Å². The highest BCUT2D eigenvalue weighted by molar-refractivity contribution is 5.93. The number of carbonyl (C=O) groups excluding carboxylic acids is 3. The van der Waals surface area contributed by atoms with Gasteiger partial charge in [0, 0.05) is 17.6 Å². The smallest absolute Gasteiger partial charge is 0.408 e. The van der Waals surface area contributed by atoms with Gasteiger partial charge < -0.3 is 20.3 Å². The Bertz CT molecular complexity index is 960. The maximum atomic E-state index is 14.2. The number of carbonyl (C=O) groups is 3. The Morgan fingerprint density at radius 1 is 1.17 bits per heavy atom. The van der Waals surface area contributed by atoms with Crippen molar-refractivity contribution in [3.63, 3.8) is 0 Å². The molecule has 0 aromatic heterocycles. The summed E-state index contributed by atoms with van der Waals surface area (Å²) in [6, 6.07) is 5.17. The van der Waals surface area contributed by atoms with Crippen molar-refractivity contribution in [1.82, 2.24) is 15.5 Å². The average molecular weight is 484 g/mol. The maximum Gasteiger partial charge on any atom is 0.408 e. The largest absolute Gasteiger partial charge is 0.444 e. The Hall–Kier alpha value is -3.01. The third-order valence-corrected chi connectivity index (χ3v) is 6.20. The third-order valence-electron chi connectivity index (χ3n) is 6.20. The predicted octanol–water partition coefficient (Wildman–Crippen LogP) is 4.41. The number of alkyl carbamates (subject to hydrolysis) is 1. The van der Waals surface area contributed by atoms with Gasteiger partial charge in [0.1, 0.15) is 17.7 Å². The molecule has 1 aliphatic carbocycles. The summed E-state index contributed by atoms with van der Waals surface area (Å²) in [5, 5.41) is 5.76. The summed E-state index contributed by atoms with van der Waals surface area (Å²) < 4.78 is 5.45. The van der Waals surface area contributed by atoms with Gasteiger partial charge in [0.25, 0.3) is 0 Å². The van der Waals surface area contributed by atoms with Gasteiger partial charge in [-0.15, -0.1) is 6.42 Å². The lowest BCUT2D eigenvalue weighted by Gasteiger charge is -2.37. The number of nitrogens with one attached hydrogen (secondary N) is 2. The summed E-state index contributed by atoms with van der Waals surface area (Å²) in [6.45, 7) is 15.0. The second-order valence-corrected chi connectivity index (χ2v) is 10.8. The van der Waals surface area contributed by atoms with E-state index >= 15 is 0 Å². The quantitative estimate of drug-likeness (QED) is 0.509. The zero-order chi connectivity index (χ0) is 26.5. The van der Waals surface area contributed by atoms with Crippen LogP contribution in [0.4, 0.5) is 4.79 Å². The zero-order valence-electron chi connectivity index (χ0n) is 22.3. The first-order valence-corrected chi connectivity index (χ1v) is 12.5. The van der Waals surface area contributed by atoms with E-state index in [9.17, 15) is 14.4 Å². The topological polar surface area (TPSA) is 87.7 Å². The number of hydrogen-bond donors (Lipinski definition) is 2. The fraction of sp³-hybridized carbons (Fsp3) is 0.607. The van der Waals surface area contributed by atoms with Gasteiger partial charge in [-0.1, -0.05) is 51.3 Å². The van der Waals surface area contributed by atoms with E-state index in [-0.39, 0.29) is 35.7 Å². The molecule has 1 aromatic rings. The van der Waals surface area contributed by atoms with Gasteiger partial charge in [0.15, 0.2) is 0 Å². The standard InChI is InChI=1S/C28H41N3O4/c1-10-18(5)23(30-27(34)35-28(7,8)9)26(33)31(22-16-19(22)6)24(25(32)29-17(3)4)21-15-13-12-14-20(21)11-2/h2,12-15,17-19,22-24H,10,16H2,1,3-9H3,(H,29,32)(H,30,34). The molecule has 7 heteroatoms. The second-order valence-electron chi connectivity index (χ2n) is 10.8. The van der Waals surface area contributed by atoms with Crippen LogP contribution in [-0.4, -0.2) is 46.5 Å². The monoisotopic (exact) mass is 483 g/mol. The molecule has 192 valence electrons. The number of rotatable bonds is 9. The average Bonchev–Trinajstić information content (AvgIpc) is 3.48. The molecule has 5 atom stereocenters. The molecule has 0 bridgehead atoms. The van der Waals surface area contributed by atoms with Crippen molar-refractivity contribution >= 4 is 17.9 Å². The Balaban J connectivity index is 2.57. The van der Waals surface area contributed by atoms with Crippen LogP contribution in [-0.2, 0) is 14.3 Å². The number of amides is 3. The summed E-state index contributed by atoms with van der Waals surface area (Å²) in [4.78, 5) is 42.1. The molecular weight excluding hydrogens is 442 g/mol. The number of terminal acetylenes is 1. The SMILES string of the molecule is C#Cc1ccccc1C(C(=O)NC(C)C)N(C(=O)C(NC(=O)OC(C)(C)C)C(C)CC)C1CC1C. The van der Waals surface area contributed by atoms with Crippen molar-refractivity contribution in [2.45, 2.75) is 98.0 Å². The Kier molecular flexibility index (Phi) is 9.37. The van der Waals surface area contributed by atoms with Crippen LogP contribution in [0.1, 0.15) is 85.4 Å². The van der Waals surface area contributed by atoms with E-state index in [4.69, 9.17) is 11.2 Å². The van der Waals surface area contributed by atoms with Crippen molar-refractivity contribution in [2.75, 3.05) is 0 Å². The van der Waals surface area contributed by atoms with Crippen LogP contribution in [0.5, 0.6) is 0 Å². The van der Waals surface area contributed by atoms with Crippen LogP contribution in [0.2, 0.25) is 0 Å². The van der Waals surface area contributed by atoms with E-state index in [0.717, 1.165) is 6.42 Å². The lowest BCUT2D eigenvalue weighted by atomic mass is 9.93.